The highest BCUT2D eigenvalue weighted by molar-refractivity contribution is 6.03. The number of carbonyl (C=O) groups excluding carboxylic acids is 1. The Labute approximate surface area is 176 Å². The lowest BCUT2D eigenvalue weighted by Crippen LogP contribution is -2.36. The number of rotatable bonds is 3. The second-order valence-corrected chi connectivity index (χ2v) is 8.95. The van der Waals surface area contributed by atoms with Crippen molar-refractivity contribution in [2.45, 2.75) is 69.1 Å². The molecule has 0 radical (unpaired) electrons. The maximum Gasteiger partial charge on any atom is 0.268 e. The number of nitrogens with two attached hydrogens (primary N) is 1. The Balaban J connectivity index is 1.74. The molecule has 4 rings (SSSR count). The number of aromatic amines is 1. The summed E-state index contributed by atoms with van der Waals surface area (Å²) in [6.45, 7) is 0. The molecule has 5 nitrogen and oxygen atoms in total. The highest BCUT2D eigenvalue weighted by atomic mass is 19.3. The molecule has 1 amide bonds. The molecule has 0 aliphatic heterocycles. The normalized spacial score (nSPS) is 28.2. The molecular weight excluding hydrogens is 414 g/mol. The van der Waals surface area contributed by atoms with E-state index < -0.39 is 35.5 Å². The van der Waals surface area contributed by atoms with Gasteiger partial charge in [0.25, 0.3) is 5.91 Å². The number of alkyl halides is 4. The largest absolute Gasteiger partial charge is 0.364 e. The summed E-state index contributed by atoms with van der Waals surface area (Å²) < 4.78 is 56.5. The first-order chi connectivity index (χ1) is 14.6. The van der Waals surface area contributed by atoms with Gasteiger partial charge in [-0.05, 0) is 43.6 Å². The van der Waals surface area contributed by atoms with Crippen molar-refractivity contribution in [2.24, 2.45) is 17.6 Å². The minimum atomic E-state index is -2.89. The second kappa shape index (κ2) is 7.91. The number of fused-ring (bicyclic) bond motifs is 1. The van der Waals surface area contributed by atoms with Crippen LogP contribution < -0.4 is 11.2 Å². The molecule has 31 heavy (non-hydrogen) atoms. The van der Waals surface area contributed by atoms with Gasteiger partial charge in [0.05, 0.1) is 10.9 Å². The number of primary amides is 1. The zero-order valence-corrected chi connectivity index (χ0v) is 17.0. The second-order valence-electron chi connectivity index (χ2n) is 8.95. The third-order valence-corrected chi connectivity index (χ3v) is 6.88. The smallest absolute Gasteiger partial charge is 0.268 e. The van der Waals surface area contributed by atoms with Gasteiger partial charge in [-0.15, -0.1) is 0 Å². The molecule has 2 aromatic heterocycles. The van der Waals surface area contributed by atoms with Crippen LogP contribution in [0.15, 0.2) is 23.1 Å². The van der Waals surface area contributed by atoms with Gasteiger partial charge in [0.2, 0.25) is 11.8 Å². The fourth-order valence-electron chi connectivity index (χ4n) is 5.38. The van der Waals surface area contributed by atoms with Gasteiger partial charge in [-0.25, -0.2) is 17.6 Å². The number of amides is 1. The summed E-state index contributed by atoms with van der Waals surface area (Å²) in [5.74, 6) is -7.45. The van der Waals surface area contributed by atoms with E-state index in [-0.39, 0.29) is 55.0 Å². The minimum absolute atomic E-state index is 0.0204. The monoisotopic (exact) mass is 439 g/mol. The highest BCUT2D eigenvalue weighted by Crippen LogP contribution is 2.51. The van der Waals surface area contributed by atoms with Crippen molar-refractivity contribution in [3.8, 4) is 0 Å². The number of carbonyl (C=O) groups is 1. The third-order valence-electron chi connectivity index (χ3n) is 6.88. The van der Waals surface area contributed by atoms with Crippen LogP contribution in [0.1, 0.15) is 73.5 Å². The van der Waals surface area contributed by atoms with E-state index in [0.29, 0.717) is 24.1 Å². The topological polar surface area (TPSA) is 88.8 Å². The lowest BCUT2D eigenvalue weighted by atomic mass is 9.67. The fraction of sp³-hybridized carbons (Fsp3) is 0.591. The molecule has 0 bridgehead atoms. The van der Waals surface area contributed by atoms with Crippen LogP contribution in [0, 0.1) is 11.8 Å². The van der Waals surface area contributed by atoms with E-state index in [1.54, 1.807) is 0 Å². The van der Waals surface area contributed by atoms with Crippen LogP contribution in [0.25, 0.3) is 10.9 Å². The number of nitrogens with zero attached hydrogens (tertiary/aromatic N) is 1. The Morgan fingerprint density at radius 2 is 1.84 bits per heavy atom. The van der Waals surface area contributed by atoms with E-state index in [0.717, 1.165) is 0 Å². The van der Waals surface area contributed by atoms with Gasteiger partial charge in [-0.3, -0.25) is 14.6 Å². The van der Waals surface area contributed by atoms with Gasteiger partial charge in [0, 0.05) is 49.6 Å². The summed E-state index contributed by atoms with van der Waals surface area (Å²) in [5.41, 5.74) is 5.25. The lowest BCUT2D eigenvalue weighted by molar-refractivity contribution is -0.0648. The first kappa shape index (κ1) is 21.8. The molecular formula is C22H25F4N3O2. The van der Waals surface area contributed by atoms with Crippen LogP contribution >= 0.6 is 0 Å². The summed E-state index contributed by atoms with van der Waals surface area (Å²) in [7, 11) is 0. The molecule has 9 heteroatoms. The predicted molar refractivity (Wildman–Crippen MR) is 107 cm³/mol. The zero-order valence-electron chi connectivity index (χ0n) is 17.0. The number of hydrogen-bond donors (Lipinski definition) is 2. The van der Waals surface area contributed by atoms with E-state index in [2.05, 4.69) is 9.97 Å². The molecule has 0 saturated heterocycles. The van der Waals surface area contributed by atoms with E-state index in [4.69, 9.17) is 5.73 Å². The standard InChI is InChI=1S/C22H25F4N3O2/c23-21(24)6-1-2-12(3-7-21)13-4-8-22(25,26)11-14(13)16-10-17(30)18-15(29-16)5-9-28-19(18)20(27)31/h5,9-10,12-14H,1-4,6-8,11H2,(H2,27,31)(H,29,30)/t12-,13+,14-/m0/s1. The molecule has 0 aromatic carbocycles. The molecule has 0 unspecified atom stereocenters. The molecule has 3 atom stereocenters. The minimum Gasteiger partial charge on any atom is -0.364 e. The molecule has 3 N–H and O–H groups in total. The van der Waals surface area contributed by atoms with Gasteiger partial charge in [-0.2, -0.15) is 0 Å². The van der Waals surface area contributed by atoms with Crippen molar-refractivity contribution in [2.75, 3.05) is 0 Å². The molecule has 2 heterocycles. The number of aromatic nitrogens is 2. The highest BCUT2D eigenvalue weighted by Gasteiger charge is 2.46. The summed E-state index contributed by atoms with van der Waals surface area (Å²) >= 11 is 0. The summed E-state index contributed by atoms with van der Waals surface area (Å²) in [4.78, 5) is 31.3. The SMILES string of the molecule is NC(=O)c1nccc2[nH]c([C@H]3CC(F)(F)CC[C@@H]3[C@H]3CCCC(F)(F)CC3)cc(=O)c12. The number of halogens is 4. The van der Waals surface area contributed by atoms with Crippen LogP contribution in [0.2, 0.25) is 0 Å². The van der Waals surface area contributed by atoms with Crippen molar-refractivity contribution in [3.05, 3.63) is 39.9 Å². The molecule has 2 aliphatic carbocycles. The first-order valence-electron chi connectivity index (χ1n) is 10.6. The Hall–Kier alpha value is -2.45. The lowest BCUT2D eigenvalue weighted by Gasteiger charge is -2.40. The van der Waals surface area contributed by atoms with Crippen LogP contribution in [0.5, 0.6) is 0 Å². The molecule has 2 saturated carbocycles. The van der Waals surface area contributed by atoms with E-state index in [9.17, 15) is 27.2 Å². The number of hydrogen-bond acceptors (Lipinski definition) is 3. The Morgan fingerprint density at radius 3 is 2.58 bits per heavy atom. The fourth-order valence-corrected chi connectivity index (χ4v) is 5.38. The summed E-state index contributed by atoms with van der Waals surface area (Å²) in [6, 6.07) is 2.73. The summed E-state index contributed by atoms with van der Waals surface area (Å²) in [6.07, 6.45) is 1.61. The Kier molecular flexibility index (Phi) is 5.55. The first-order valence-corrected chi connectivity index (χ1v) is 10.6. The Morgan fingerprint density at radius 1 is 1.10 bits per heavy atom. The van der Waals surface area contributed by atoms with Gasteiger partial charge in [0.1, 0.15) is 5.69 Å². The van der Waals surface area contributed by atoms with Crippen LogP contribution in [-0.2, 0) is 0 Å². The quantitative estimate of drug-likeness (QED) is 0.534. The maximum atomic E-state index is 14.4. The average Bonchev–Trinajstić information content (AvgIpc) is 2.87. The van der Waals surface area contributed by atoms with Crippen molar-refractivity contribution >= 4 is 16.8 Å². The van der Waals surface area contributed by atoms with E-state index >= 15 is 0 Å². The predicted octanol–water partition coefficient (Wildman–Crippen LogP) is 4.76. The van der Waals surface area contributed by atoms with Gasteiger partial charge < -0.3 is 10.7 Å². The van der Waals surface area contributed by atoms with E-state index in [1.165, 1.54) is 18.3 Å². The molecule has 2 fully saturated rings. The number of nitrogens with one attached hydrogen (secondary N) is 1. The molecule has 2 aromatic rings. The average molecular weight is 439 g/mol. The van der Waals surface area contributed by atoms with Crippen molar-refractivity contribution in [1.29, 1.82) is 0 Å². The van der Waals surface area contributed by atoms with Gasteiger partial charge in [0.15, 0.2) is 5.43 Å². The Bertz CT molecular complexity index is 1050. The van der Waals surface area contributed by atoms with Gasteiger partial charge >= 0.3 is 0 Å². The van der Waals surface area contributed by atoms with Crippen LogP contribution in [0.3, 0.4) is 0 Å². The summed E-state index contributed by atoms with van der Waals surface area (Å²) in [5, 5.41) is 0.0204. The van der Waals surface area contributed by atoms with E-state index in [1.807, 2.05) is 0 Å². The van der Waals surface area contributed by atoms with Crippen LogP contribution in [0.4, 0.5) is 17.6 Å². The van der Waals surface area contributed by atoms with Crippen LogP contribution in [-0.4, -0.2) is 27.7 Å². The number of pyridine rings is 2. The number of H-pyrrole nitrogens is 1. The van der Waals surface area contributed by atoms with Crippen molar-refractivity contribution < 1.29 is 22.4 Å². The van der Waals surface area contributed by atoms with Crippen molar-refractivity contribution in [1.82, 2.24) is 9.97 Å². The third kappa shape index (κ3) is 4.45. The molecule has 0 spiro atoms. The van der Waals surface area contributed by atoms with Gasteiger partial charge in [-0.1, -0.05) is 0 Å². The molecule has 2 aliphatic rings. The molecule has 168 valence electrons. The zero-order chi connectivity index (χ0) is 22.4. The maximum absolute atomic E-state index is 14.4. The van der Waals surface area contributed by atoms with Crippen molar-refractivity contribution in [3.63, 3.8) is 0 Å².